The van der Waals surface area contributed by atoms with Crippen molar-refractivity contribution in [1.29, 1.82) is 5.26 Å². The van der Waals surface area contributed by atoms with E-state index in [9.17, 15) is 4.79 Å². The Morgan fingerprint density at radius 3 is 2.50 bits per heavy atom. The van der Waals surface area contributed by atoms with E-state index >= 15 is 0 Å². The van der Waals surface area contributed by atoms with Gasteiger partial charge in [0.15, 0.2) is 0 Å². The zero-order valence-electron chi connectivity index (χ0n) is 8.97. The fourth-order valence-corrected chi connectivity index (χ4v) is 1.24. The molecule has 0 heterocycles. The Morgan fingerprint density at radius 2 is 2.00 bits per heavy atom. The van der Waals surface area contributed by atoms with Crippen LogP contribution in [0.15, 0.2) is 47.6 Å². The second kappa shape index (κ2) is 5.52. The molecule has 0 saturated carbocycles. The van der Waals surface area contributed by atoms with Crippen LogP contribution in [0.2, 0.25) is 0 Å². The highest BCUT2D eigenvalue weighted by Crippen LogP contribution is 2.08. The molecule has 1 amide bonds. The quantitative estimate of drug-likeness (QED) is 0.473. The summed E-state index contributed by atoms with van der Waals surface area (Å²) in [5.41, 5.74) is 6.81. The smallest absolute Gasteiger partial charge is 0.259 e. The zero-order chi connectivity index (χ0) is 12.0. The third-order valence-electron chi connectivity index (χ3n) is 1.95. The summed E-state index contributed by atoms with van der Waals surface area (Å²) in [6.45, 7) is 1.81. The van der Waals surface area contributed by atoms with Crippen LogP contribution in [0.5, 0.6) is 0 Å². The number of nitrogens with two attached hydrogens (primary N) is 1. The van der Waals surface area contributed by atoms with E-state index in [4.69, 9.17) is 11.0 Å². The molecule has 0 aliphatic rings. The molecule has 0 aromatic heterocycles. The van der Waals surface area contributed by atoms with Gasteiger partial charge in [0, 0.05) is 0 Å². The van der Waals surface area contributed by atoms with E-state index in [1.807, 2.05) is 43.3 Å². The average Bonchev–Trinajstić information content (AvgIpc) is 2.27. The van der Waals surface area contributed by atoms with Crippen LogP contribution in [0.3, 0.4) is 0 Å². The first-order valence-electron chi connectivity index (χ1n) is 4.78. The van der Waals surface area contributed by atoms with Gasteiger partial charge in [-0.1, -0.05) is 36.4 Å². The lowest BCUT2D eigenvalue weighted by Crippen LogP contribution is -2.12. The van der Waals surface area contributed by atoms with Gasteiger partial charge in [0.25, 0.3) is 5.91 Å². The molecule has 0 saturated heterocycles. The lowest BCUT2D eigenvalue weighted by molar-refractivity contribution is -0.114. The van der Waals surface area contributed by atoms with E-state index in [0.717, 1.165) is 11.1 Å². The Labute approximate surface area is 94.5 Å². The van der Waals surface area contributed by atoms with Crippen molar-refractivity contribution in [1.82, 2.24) is 0 Å². The van der Waals surface area contributed by atoms with Gasteiger partial charge in [-0.2, -0.15) is 5.26 Å². The molecule has 0 aliphatic carbocycles. The van der Waals surface area contributed by atoms with E-state index < -0.39 is 5.91 Å². The first kappa shape index (κ1) is 11.7. The van der Waals surface area contributed by atoms with Crippen molar-refractivity contribution >= 4 is 12.0 Å². The number of nitrogens with zero attached hydrogens (tertiary/aromatic N) is 1. The average molecular weight is 212 g/mol. The van der Waals surface area contributed by atoms with E-state index in [1.54, 1.807) is 6.07 Å². The number of nitriles is 1. The Bertz CT molecular complexity index is 478. The molecule has 1 aromatic rings. The summed E-state index contributed by atoms with van der Waals surface area (Å²) >= 11 is 0. The second-order valence-corrected chi connectivity index (χ2v) is 3.33. The Balaban J connectivity index is 2.96. The first-order valence-corrected chi connectivity index (χ1v) is 4.78. The predicted octanol–water partition coefficient (Wildman–Crippen LogP) is 2.03. The molecule has 3 nitrogen and oxygen atoms in total. The third kappa shape index (κ3) is 3.43. The maximum atomic E-state index is 10.8. The number of allylic oxidation sites excluding steroid dienone is 2. The predicted molar refractivity (Wildman–Crippen MR) is 63.0 cm³/mol. The van der Waals surface area contributed by atoms with Gasteiger partial charge in [0.1, 0.15) is 11.6 Å². The van der Waals surface area contributed by atoms with Gasteiger partial charge in [0.05, 0.1) is 0 Å². The molecule has 1 aromatic carbocycles. The third-order valence-corrected chi connectivity index (χ3v) is 1.95. The highest BCUT2D eigenvalue weighted by Gasteiger charge is 2.02. The second-order valence-electron chi connectivity index (χ2n) is 3.33. The molecule has 0 radical (unpaired) electrons. The monoisotopic (exact) mass is 212 g/mol. The molecule has 0 atom stereocenters. The standard InChI is InChI=1S/C13H12N2O/c1-10(8-12(9-14)13(15)16)7-11-5-3-2-4-6-11/h2-8H,1H3,(H2,15,16)/b10-7-,12-8+. The molecule has 0 bridgehead atoms. The number of rotatable bonds is 3. The van der Waals surface area contributed by atoms with Crippen molar-refractivity contribution in [3.63, 3.8) is 0 Å². The van der Waals surface area contributed by atoms with E-state index in [0.29, 0.717) is 0 Å². The maximum Gasteiger partial charge on any atom is 0.259 e. The number of hydrogen-bond donors (Lipinski definition) is 1. The molecule has 0 unspecified atom stereocenters. The number of benzene rings is 1. The lowest BCUT2D eigenvalue weighted by Gasteiger charge is -1.96. The van der Waals surface area contributed by atoms with Crippen LogP contribution in [0.25, 0.3) is 6.08 Å². The molecule has 80 valence electrons. The van der Waals surface area contributed by atoms with E-state index in [2.05, 4.69) is 0 Å². The highest BCUT2D eigenvalue weighted by molar-refractivity contribution is 5.96. The van der Waals surface area contributed by atoms with Gasteiger partial charge in [-0.3, -0.25) is 4.79 Å². The van der Waals surface area contributed by atoms with Crippen LogP contribution in [-0.2, 0) is 4.79 Å². The summed E-state index contributed by atoms with van der Waals surface area (Å²) in [4.78, 5) is 10.8. The fraction of sp³-hybridized carbons (Fsp3) is 0.0769. The number of hydrogen-bond acceptors (Lipinski definition) is 2. The molecular formula is C13H12N2O. The minimum Gasteiger partial charge on any atom is -0.365 e. The van der Waals surface area contributed by atoms with Crippen LogP contribution in [0.4, 0.5) is 0 Å². The van der Waals surface area contributed by atoms with Gasteiger partial charge < -0.3 is 5.73 Å². The Kier molecular flexibility index (Phi) is 4.05. The minimum atomic E-state index is -0.705. The van der Waals surface area contributed by atoms with Gasteiger partial charge in [-0.15, -0.1) is 0 Å². The fourth-order valence-electron chi connectivity index (χ4n) is 1.24. The van der Waals surface area contributed by atoms with Crippen LogP contribution in [0, 0.1) is 11.3 Å². The number of amides is 1. The van der Waals surface area contributed by atoms with Crippen LogP contribution in [-0.4, -0.2) is 5.91 Å². The van der Waals surface area contributed by atoms with Gasteiger partial charge >= 0.3 is 0 Å². The summed E-state index contributed by atoms with van der Waals surface area (Å²) in [6, 6.07) is 11.4. The summed E-state index contributed by atoms with van der Waals surface area (Å²) in [7, 11) is 0. The maximum absolute atomic E-state index is 10.8. The van der Waals surface area contributed by atoms with Crippen molar-refractivity contribution in [2.45, 2.75) is 6.92 Å². The lowest BCUT2D eigenvalue weighted by atomic mass is 10.1. The largest absolute Gasteiger partial charge is 0.365 e. The van der Waals surface area contributed by atoms with E-state index in [1.165, 1.54) is 6.08 Å². The summed E-state index contributed by atoms with van der Waals surface area (Å²) in [5.74, 6) is -0.705. The topological polar surface area (TPSA) is 66.9 Å². The molecule has 1 rings (SSSR count). The van der Waals surface area contributed by atoms with Gasteiger partial charge in [-0.25, -0.2) is 0 Å². The van der Waals surface area contributed by atoms with Crippen LogP contribution in [0.1, 0.15) is 12.5 Å². The molecule has 2 N–H and O–H groups in total. The number of primary amides is 1. The first-order chi connectivity index (χ1) is 7.63. The summed E-state index contributed by atoms with van der Waals surface area (Å²) in [6.07, 6.45) is 3.36. The zero-order valence-corrected chi connectivity index (χ0v) is 8.97. The molecule has 0 fully saturated rings. The van der Waals surface area contributed by atoms with Crippen LogP contribution >= 0.6 is 0 Å². The van der Waals surface area contributed by atoms with Crippen molar-refractivity contribution < 1.29 is 4.79 Å². The molecule has 3 heteroatoms. The normalized spacial score (nSPS) is 12.0. The van der Waals surface area contributed by atoms with E-state index in [-0.39, 0.29) is 5.57 Å². The minimum absolute atomic E-state index is 0.0373. The van der Waals surface area contributed by atoms with Gasteiger partial charge in [0.2, 0.25) is 0 Å². The SMILES string of the molecule is CC(=C/c1ccccc1)/C=C(\C#N)C(N)=O. The van der Waals surface area contributed by atoms with Crippen LogP contribution < -0.4 is 5.73 Å². The van der Waals surface area contributed by atoms with Crippen molar-refractivity contribution in [3.8, 4) is 6.07 Å². The van der Waals surface area contributed by atoms with Gasteiger partial charge in [-0.05, 0) is 24.1 Å². The molecule has 16 heavy (non-hydrogen) atoms. The molecular weight excluding hydrogens is 200 g/mol. The summed E-state index contributed by atoms with van der Waals surface area (Å²) < 4.78 is 0. The highest BCUT2D eigenvalue weighted by atomic mass is 16.1. The number of carbonyl (C=O) groups is 1. The molecule has 0 aliphatic heterocycles. The Hall–Kier alpha value is -2.34. The van der Waals surface area contributed by atoms with Crippen molar-refractivity contribution in [2.75, 3.05) is 0 Å². The molecule has 0 spiro atoms. The van der Waals surface area contributed by atoms with Crippen molar-refractivity contribution in [3.05, 3.63) is 53.1 Å². The Morgan fingerprint density at radius 1 is 1.38 bits per heavy atom. The summed E-state index contributed by atoms with van der Waals surface area (Å²) in [5, 5.41) is 8.67. The number of carbonyl (C=O) groups excluding carboxylic acids is 1. The van der Waals surface area contributed by atoms with Crippen molar-refractivity contribution in [2.24, 2.45) is 5.73 Å².